The number of hydrogen-bond donors (Lipinski definition) is 1. The van der Waals surface area contributed by atoms with Crippen LogP contribution in [0.15, 0.2) is 30.9 Å². The van der Waals surface area contributed by atoms with Crippen molar-refractivity contribution in [2.24, 2.45) is 0 Å². The van der Waals surface area contributed by atoms with E-state index in [0.717, 1.165) is 3.57 Å². The fourth-order valence-corrected chi connectivity index (χ4v) is 1.68. The zero-order valence-corrected chi connectivity index (χ0v) is 11.3. The van der Waals surface area contributed by atoms with Crippen LogP contribution in [0.5, 0.6) is 5.75 Å². The molecule has 86 valence electrons. The molecule has 1 N–H and O–H groups in total. The summed E-state index contributed by atoms with van der Waals surface area (Å²) in [4.78, 5) is 13.7. The third-order valence-electron chi connectivity index (χ3n) is 2.21. The number of rotatable bonds is 4. The van der Waals surface area contributed by atoms with Gasteiger partial charge < -0.3 is 10.0 Å². The quantitative estimate of drug-likeness (QED) is 0.681. The van der Waals surface area contributed by atoms with Crippen LogP contribution in [0.25, 0.3) is 0 Å². The molecule has 0 radical (unpaired) electrons. The predicted octanol–water partition coefficient (Wildman–Crippen LogP) is 2.64. The standard InChI is InChI=1S/C12H14INO2/c1-3-7-14(4-2)12(16)9-5-6-10(13)11(15)8-9/h3,5-6,8,15H,1,4,7H2,2H3. The summed E-state index contributed by atoms with van der Waals surface area (Å²) in [7, 11) is 0. The number of likely N-dealkylation sites (N-methyl/N-ethyl adjacent to an activating group) is 1. The lowest BCUT2D eigenvalue weighted by Crippen LogP contribution is -2.30. The number of carbonyl (C=O) groups excluding carboxylic acids is 1. The van der Waals surface area contributed by atoms with Gasteiger partial charge in [0.05, 0.1) is 3.57 Å². The molecule has 0 aliphatic rings. The largest absolute Gasteiger partial charge is 0.507 e. The van der Waals surface area contributed by atoms with Gasteiger partial charge in [0.1, 0.15) is 5.75 Å². The zero-order chi connectivity index (χ0) is 12.1. The van der Waals surface area contributed by atoms with E-state index in [9.17, 15) is 9.90 Å². The minimum atomic E-state index is -0.0888. The molecule has 0 saturated carbocycles. The number of carbonyl (C=O) groups is 1. The molecule has 0 fully saturated rings. The average molecular weight is 331 g/mol. The Morgan fingerprint density at radius 2 is 2.31 bits per heavy atom. The minimum Gasteiger partial charge on any atom is -0.507 e. The summed E-state index contributed by atoms with van der Waals surface area (Å²) in [5.74, 6) is 0.0511. The monoisotopic (exact) mass is 331 g/mol. The van der Waals surface area contributed by atoms with Gasteiger partial charge in [0.15, 0.2) is 0 Å². The van der Waals surface area contributed by atoms with Gasteiger partial charge in [0.2, 0.25) is 0 Å². The van der Waals surface area contributed by atoms with Crippen LogP contribution in [0.3, 0.4) is 0 Å². The highest BCUT2D eigenvalue weighted by Gasteiger charge is 2.13. The molecule has 0 heterocycles. The van der Waals surface area contributed by atoms with Gasteiger partial charge in [0.25, 0.3) is 5.91 Å². The highest BCUT2D eigenvalue weighted by Crippen LogP contribution is 2.21. The van der Waals surface area contributed by atoms with Crippen LogP contribution in [0.2, 0.25) is 0 Å². The van der Waals surface area contributed by atoms with Crippen molar-refractivity contribution >= 4 is 28.5 Å². The Morgan fingerprint density at radius 1 is 1.62 bits per heavy atom. The molecule has 1 aromatic rings. The van der Waals surface area contributed by atoms with Crippen LogP contribution in [0, 0.1) is 3.57 Å². The normalized spacial score (nSPS) is 9.88. The number of amides is 1. The second kappa shape index (κ2) is 5.89. The Hall–Kier alpha value is -1.04. The van der Waals surface area contributed by atoms with Crippen LogP contribution in [-0.4, -0.2) is 29.0 Å². The fourth-order valence-electron chi connectivity index (χ4n) is 1.34. The van der Waals surface area contributed by atoms with E-state index in [4.69, 9.17) is 0 Å². The molecule has 3 nitrogen and oxygen atoms in total. The number of hydrogen-bond acceptors (Lipinski definition) is 2. The lowest BCUT2D eigenvalue weighted by Gasteiger charge is -2.19. The van der Waals surface area contributed by atoms with Gasteiger partial charge in [0, 0.05) is 18.7 Å². The van der Waals surface area contributed by atoms with E-state index in [0.29, 0.717) is 18.7 Å². The summed E-state index contributed by atoms with van der Waals surface area (Å²) in [5, 5.41) is 9.53. The summed E-state index contributed by atoms with van der Waals surface area (Å²) in [5.41, 5.74) is 0.501. The molecular weight excluding hydrogens is 317 g/mol. The Kier molecular flexibility index (Phi) is 4.79. The lowest BCUT2D eigenvalue weighted by atomic mass is 10.2. The van der Waals surface area contributed by atoms with E-state index in [1.165, 1.54) is 6.07 Å². The molecule has 1 aromatic carbocycles. The van der Waals surface area contributed by atoms with Crippen molar-refractivity contribution in [1.82, 2.24) is 4.90 Å². The number of phenolic OH excluding ortho intramolecular Hbond substituents is 1. The number of phenols is 1. The number of halogens is 1. The van der Waals surface area contributed by atoms with Gasteiger partial charge >= 0.3 is 0 Å². The number of aromatic hydroxyl groups is 1. The molecule has 0 spiro atoms. The maximum atomic E-state index is 12.0. The van der Waals surface area contributed by atoms with Gasteiger partial charge in [-0.15, -0.1) is 6.58 Å². The van der Waals surface area contributed by atoms with Gasteiger partial charge in [-0.3, -0.25) is 4.79 Å². The molecule has 0 unspecified atom stereocenters. The maximum absolute atomic E-state index is 12.0. The smallest absolute Gasteiger partial charge is 0.254 e. The van der Waals surface area contributed by atoms with Crippen molar-refractivity contribution < 1.29 is 9.90 Å². The van der Waals surface area contributed by atoms with Gasteiger partial charge in [-0.05, 0) is 47.7 Å². The summed E-state index contributed by atoms with van der Waals surface area (Å²) in [6, 6.07) is 4.94. The number of nitrogens with zero attached hydrogens (tertiary/aromatic N) is 1. The molecule has 0 aliphatic heterocycles. The Balaban J connectivity index is 2.94. The Morgan fingerprint density at radius 3 is 2.81 bits per heavy atom. The van der Waals surface area contributed by atoms with Crippen LogP contribution >= 0.6 is 22.6 Å². The summed E-state index contributed by atoms with van der Waals surface area (Å²) in [6.07, 6.45) is 1.69. The minimum absolute atomic E-state index is 0.0888. The van der Waals surface area contributed by atoms with Crippen molar-refractivity contribution in [3.63, 3.8) is 0 Å². The molecule has 16 heavy (non-hydrogen) atoms. The first-order chi connectivity index (χ1) is 7.60. The predicted molar refractivity (Wildman–Crippen MR) is 72.6 cm³/mol. The van der Waals surface area contributed by atoms with Gasteiger partial charge in [-0.1, -0.05) is 6.08 Å². The number of benzene rings is 1. The van der Waals surface area contributed by atoms with Crippen molar-refractivity contribution in [1.29, 1.82) is 0 Å². The van der Waals surface area contributed by atoms with Crippen molar-refractivity contribution in [3.05, 3.63) is 40.0 Å². The van der Waals surface area contributed by atoms with Crippen molar-refractivity contribution in [2.75, 3.05) is 13.1 Å². The highest BCUT2D eigenvalue weighted by molar-refractivity contribution is 14.1. The van der Waals surface area contributed by atoms with Crippen LogP contribution in [0.1, 0.15) is 17.3 Å². The maximum Gasteiger partial charge on any atom is 0.254 e. The summed E-state index contributed by atoms with van der Waals surface area (Å²) < 4.78 is 0.737. The molecule has 1 rings (SSSR count). The Bertz CT molecular complexity index is 404. The molecule has 0 aliphatic carbocycles. The highest BCUT2D eigenvalue weighted by atomic mass is 127. The Labute approximate surface area is 109 Å². The first-order valence-corrected chi connectivity index (χ1v) is 6.06. The van der Waals surface area contributed by atoms with Crippen LogP contribution < -0.4 is 0 Å². The molecule has 0 atom stereocenters. The molecule has 1 amide bonds. The first-order valence-electron chi connectivity index (χ1n) is 4.98. The second-order valence-corrected chi connectivity index (χ2v) is 4.46. The van der Waals surface area contributed by atoms with E-state index >= 15 is 0 Å². The lowest BCUT2D eigenvalue weighted by molar-refractivity contribution is 0.0781. The molecule has 0 aromatic heterocycles. The van der Waals surface area contributed by atoms with Gasteiger partial charge in [-0.2, -0.15) is 0 Å². The van der Waals surface area contributed by atoms with Crippen LogP contribution in [0.4, 0.5) is 0 Å². The molecule has 0 saturated heterocycles. The second-order valence-electron chi connectivity index (χ2n) is 3.30. The van der Waals surface area contributed by atoms with E-state index in [-0.39, 0.29) is 11.7 Å². The van der Waals surface area contributed by atoms with E-state index in [1.54, 1.807) is 23.1 Å². The summed E-state index contributed by atoms with van der Waals surface area (Å²) >= 11 is 2.02. The zero-order valence-electron chi connectivity index (χ0n) is 9.11. The first kappa shape index (κ1) is 13.0. The van der Waals surface area contributed by atoms with E-state index in [1.807, 2.05) is 29.5 Å². The third-order valence-corrected chi connectivity index (χ3v) is 3.12. The van der Waals surface area contributed by atoms with Gasteiger partial charge in [-0.25, -0.2) is 0 Å². The molecule has 4 heteroatoms. The van der Waals surface area contributed by atoms with Crippen molar-refractivity contribution in [2.45, 2.75) is 6.92 Å². The molecule has 0 bridgehead atoms. The molecular formula is C12H14INO2. The van der Waals surface area contributed by atoms with Crippen LogP contribution in [-0.2, 0) is 0 Å². The van der Waals surface area contributed by atoms with E-state index < -0.39 is 0 Å². The fraction of sp³-hybridized carbons (Fsp3) is 0.250. The SMILES string of the molecule is C=CCN(CC)C(=O)c1ccc(I)c(O)c1. The van der Waals surface area contributed by atoms with Crippen molar-refractivity contribution in [3.8, 4) is 5.75 Å². The third kappa shape index (κ3) is 2.98. The average Bonchev–Trinajstić information content (AvgIpc) is 2.28. The summed E-state index contributed by atoms with van der Waals surface area (Å²) in [6.45, 7) is 6.66. The van der Waals surface area contributed by atoms with E-state index in [2.05, 4.69) is 6.58 Å². The topological polar surface area (TPSA) is 40.5 Å².